The Kier molecular flexibility index (Phi) is 15.0. The molecule has 1 radical (unpaired) electrons. The van der Waals surface area contributed by atoms with Crippen molar-refractivity contribution in [1.29, 1.82) is 0 Å². The topological polar surface area (TPSA) is 185 Å². The molecule has 2 atom stereocenters. The van der Waals surface area contributed by atoms with E-state index in [-0.39, 0.29) is 79.2 Å². The molecule has 12 heteroatoms. The standard InChI is InChI=1S/C13H23N3O8.Gd/c1-8(12(21)22)11(13(23)24)15-3-5-16(7-10(19)20)4-2-14-6-9(17)18;/h8,11,14-15H,2-7H2,1H3,(H,17,18)(H,19,20)(H,21,22)(H,23,24);/q;+3/p-3. The van der Waals surface area contributed by atoms with Gasteiger partial charge >= 0.3 is 45.9 Å². The normalized spacial score (nSPS) is 12.9. The van der Waals surface area contributed by atoms with Gasteiger partial charge in [0.15, 0.2) is 0 Å². The van der Waals surface area contributed by atoms with Crippen LogP contribution in [-0.4, -0.2) is 79.2 Å². The zero-order chi connectivity index (χ0) is 18.7. The Morgan fingerprint density at radius 3 is 2.04 bits per heavy atom. The van der Waals surface area contributed by atoms with Gasteiger partial charge in [-0.25, -0.2) is 0 Å². The number of hydrogen-bond acceptors (Lipinski definition) is 10. The summed E-state index contributed by atoms with van der Waals surface area (Å²) >= 11 is 0. The molecule has 0 aliphatic rings. The smallest absolute Gasteiger partial charge is 0.550 e. The third-order valence-corrected chi connectivity index (χ3v) is 3.15. The van der Waals surface area contributed by atoms with Gasteiger partial charge in [-0.1, -0.05) is 6.92 Å². The van der Waals surface area contributed by atoms with Crippen LogP contribution in [-0.2, 0) is 19.2 Å². The number of carboxylic acid groups (broad SMARTS) is 4. The van der Waals surface area contributed by atoms with E-state index in [0.717, 1.165) is 6.92 Å². The Hall–Kier alpha value is -0.915. The number of aliphatic carboxylic acids is 4. The predicted molar refractivity (Wildman–Crippen MR) is 72.9 cm³/mol. The quantitative estimate of drug-likeness (QED) is 0.192. The molecule has 0 aromatic heterocycles. The van der Waals surface area contributed by atoms with E-state index in [1.54, 1.807) is 0 Å². The molecule has 0 aliphatic carbocycles. The zero-order valence-electron chi connectivity index (χ0n) is 13.5. The van der Waals surface area contributed by atoms with Crippen LogP contribution in [0.4, 0.5) is 0 Å². The van der Waals surface area contributed by atoms with Gasteiger partial charge in [-0.05, 0) is 0 Å². The first-order valence-corrected chi connectivity index (χ1v) is 7.15. The Bertz CT molecular complexity index is 463. The summed E-state index contributed by atoms with van der Waals surface area (Å²) in [4.78, 5) is 44.1. The number of carbonyl (C=O) groups is 4. The van der Waals surface area contributed by atoms with Crippen LogP contribution in [0.1, 0.15) is 6.92 Å². The van der Waals surface area contributed by atoms with Crippen molar-refractivity contribution in [2.75, 3.05) is 39.3 Å². The zero-order valence-corrected chi connectivity index (χ0v) is 15.8. The van der Waals surface area contributed by atoms with Gasteiger partial charge in [0.05, 0.1) is 24.5 Å². The average molecular weight is 504 g/mol. The SMILES string of the molecule is CC(C(=O)[O-])C(NCCN(CCNCC(=O)[O-])CC(=O)O)C(=O)[O-].[Gd+3]. The largest absolute Gasteiger partial charge is 3.00 e. The Morgan fingerprint density at radius 2 is 1.60 bits per heavy atom. The molecule has 143 valence electrons. The summed E-state index contributed by atoms with van der Waals surface area (Å²) in [6, 6.07) is -1.47. The Morgan fingerprint density at radius 1 is 1.04 bits per heavy atom. The van der Waals surface area contributed by atoms with Crippen molar-refractivity contribution >= 4 is 23.9 Å². The second-order valence-corrected chi connectivity index (χ2v) is 5.08. The van der Waals surface area contributed by atoms with Gasteiger partial charge < -0.3 is 45.4 Å². The van der Waals surface area contributed by atoms with Gasteiger partial charge in [-0.2, -0.15) is 0 Å². The fourth-order valence-corrected chi connectivity index (χ4v) is 1.87. The number of carbonyl (C=O) groups excluding carboxylic acids is 3. The van der Waals surface area contributed by atoms with Gasteiger partial charge in [-0.15, -0.1) is 0 Å². The van der Waals surface area contributed by atoms with Crippen molar-refractivity contribution in [3.8, 4) is 0 Å². The van der Waals surface area contributed by atoms with E-state index in [4.69, 9.17) is 5.11 Å². The van der Waals surface area contributed by atoms with Crippen molar-refractivity contribution in [3.63, 3.8) is 0 Å². The minimum atomic E-state index is -1.60. The van der Waals surface area contributed by atoms with Gasteiger partial charge in [0.25, 0.3) is 0 Å². The maximum atomic E-state index is 10.9. The van der Waals surface area contributed by atoms with E-state index in [9.17, 15) is 34.5 Å². The minimum Gasteiger partial charge on any atom is -0.550 e. The third kappa shape index (κ3) is 13.0. The third-order valence-electron chi connectivity index (χ3n) is 3.15. The number of nitrogens with zero attached hydrogens (tertiary/aromatic N) is 1. The fourth-order valence-electron chi connectivity index (χ4n) is 1.87. The van der Waals surface area contributed by atoms with Crippen LogP contribution in [0, 0.1) is 45.9 Å². The maximum Gasteiger partial charge on any atom is 3.00 e. The monoisotopic (exact) mass is 504 g/mol. The van der Waals surface area contributed by atoms with Crippen LogP contribution < -0.4 is 26.0 Å². The van der Waals surface area contributed by atoms with Crippen LogP contribution in [0.2, 0.25) is 0 Å². The fraction of sp³-hybridized carbons (Fsp3) is 0.692. The molecule has 3 N–H and O–H groups in total. The molecular weight excluding hydrogens is 483 g/mol. The second kappa shape index (κ2) is 14.3. The van der Waals surface area contributed by atoms with Gasteiger partial charge in [0.2, 0.25) is 0 Å². The Labute approximate surface area is 176 Å². The molecule has 11 nitrogen and oxygen atoms in total. The van der Waals surface area contributed by atoms with E-state index < -0.39 is 35.8 Å². The summed E-state index contributed by atoms with van der Waals surface area (Å²) in [5.41, 5.74) is 0. The first-order chi connectivity index (χ1) is 11.1. The summed E-state index contributed by atoms with van der Waals surface area (Å²) < 4.78 is 0. The van der Waals surface area contributed by atoms with E-state index >= 15 is 0 Å². The van der Waals surface area contributed by atoms with Gasteiger partial charge in [0, 0.05) is 44.6 Å². The second-order valence-electron chi connectivity index (χ2n) is 5.08. The van der Waals surface area contributed by atoms with Crippen LogP contribution in [0.3, 0.4) is 0 Å². The molecule has 2 unspecified atom stereocenters. The molecule has 25 heavy (non-hydrogen) atoms. The van der Waals surface area contributed by atoms with E-state index in [0.29, 0.717) is 0 Å². The number of hydrogen-bond donors (Lipinski definition) is 3. The number of rotatable bonds is 14. The van der Waals surface area contributed by atoms with Crippen molar-refractivity contribution in [2.24, 2.45) is 5.92 Å². The van der Waals surface area contributed by atoms with Crippen LogP contribution in [0.25, 0.3) is 0 Å². The first-order valence-electron chi connectivity index (χ1n) is 7.15. The number of nitrogens with one attached hydrogen (secondary N) is 2. The first kappa shape index (κ1) is 26.3. The minimum absolute atomic E-state index is 0. The molecule has 0 aliphatic heterocycles. The van der Waals surface area contributed by atoms with Gasteiger partial charge in [0.1, 0.15) is 0 Å². The molecule has 0 heterocycles. The molecule has 0 amide bonds. The molecular formula is C13H20GdN3O8. The summed E-state index contributed by atoms with van der Waals surface area (Å²) in [7, 11) is 0. The average Bonchev–Trinajstić information content (AvgIpc) is 2.45. The van der Waals surface area contributed by atoms with Crippen LogP contribution in [0.15, 0.2) is 0 Å². The number of carboxylic acids is 4. The van der Waals surface area contributed by atoms with Crippen molar-refractivity contribution in [2.45, 2.75) is 13.0 Å². The molecule has 0 aromatic rings. The molecule has 0 saturated heterocycles. The maximum absolute atomic E-state index is 10.9. The molecule has 0 bridgehead atoms. The summed E-state index contributed by atoms with van der Waals surface area (Å²) in [5.74, 6) is -6.89. The van der Waals surface area contributed by atoms with Crippen LogP contribution >= 0.6 is 0 Å². The molecule has 0 rings (SSSR count). The predicted octanol–water partition coefficient (Wildman–Crippen LogP) is -6.19. The van der Waals surface area contributed by atoms with E-state index in [2.05, 4.69) is 10.6 Å². The Balaban J connectivity index is 0. The van der Waals surface area contributed by atoms with E-state index in [1.807, 2.05) is 0 Å². The van der Waals surface area contributed by atoms with E-state index in [1.165, 1.54) is 4.90 Å². The van der Waals surface area contributed by atoms with Crippen molar-refractivity contribution in [1.82, 2.24) is 15.5 Å². The van der Waals surface area contributed by atoms with Gasteiger partial charge in [-0.3, -0.25) is 9.69 Å². The summed E-state index contributed by atoms with van der Waals surface area (Å²) in [6.07, 6.45) is 0. The molecule has 0 aromatic carbocycles. The molecule has 0 saturated carbocycles. The van der Waals surface area contributed by atoms with Crippen molar-refractivity contribution in [3.05, 3.63) is 0 Å². The summed E-state index contributed by atoms with van der Waals surface area (Å²) in [6.45, 7) is 0.887. The molecule has 0 spiro atoms. The van der Waals surface area contributed by atoms with Crippen LogP contribution in [0.5, 0.6) is 0 Å². The van der Waals surface area contributed by atoms with Crippen molar-refractivity contribution < 1.29 is 79.5 Å². The summed E-state index contributed by atoms with van der Waals surface area (Å²) in [5, 5.41) is 45.7. The molecule has 0 fully saturated rings.